The summed E-state index contributed by atoms with van der Waals surface area (Å²) < 4.78 is 15.0. The van der Waals surface area contributed by atoms with Crippen LogP contribution in [0.2, 0.25) is 5.02 Å². The number of fused-ring (bicyclic) bond motifs is 1. The van der Waals surface area contributed by atoms with Crippen molar-refractivity contribution in [3.63, 3.8) is 0 Å². The minimum atomic E-state index is -0.364. The van der Waals surface area contributed by atoms with Gasteiger partial charge in [0.25, 0.3) is 0 Å². The molecule has 3 nitrogen and oxygen atoms in total. The van der Waals surface area contributed by atoms with Crippen molar-refractivity contribution in [2.75, 3.05) is 0 Å². The van der Waals surface area contributed by atoms with E-state index in [1.54, 1.807) is 6.07 Å². The number of aromatic nitrogens is 2. The Hall–Kier alpha value is -1.91. The summed E-state index contributed by atoms with van der Waals surface area (Å²) in [6.07, 6.45) is 0. The van der Waals surface area contributed by atoms with Gasteiger partial charge in [0, 0.05) is 5.02 Å². The van der Waals surface area contributed by atoms with Gasteiger partial charge in [-0.1, -0.05) is 29.8 Å². The monoisotopic (exact) mass is 290 g/mol. The largest absolute Gasteiger partial charge is 0.388 e. The Morgan fingerprint density at radius 3 is 2.75 bits per heavy atom. The van der Waals surface area contributed by atoms with Crippen LogP contribution in [-0.2, 0) is 13.2 Å². The molecule has 1 heterocycles. The molecular weight excluding hydrogens is 279 g/mol. The van der Waals surface area contributed by atoms with Crippen molar-refractivity contribution in [3.8, 4) is 0 Å². The summed E-state index contributed by atoms with van der Waals surface area (Å²) >= 11 is 6.06. The molecule has 0 aliphatic heterocycles. The molecule has 20 heavy (non-hydrogen) atoms. The maximum atomic E-state index is 13.1. The second-order valence-electron chi connectivity index (χ2n) is 4.50. The zero-order valence-electron chi connectivity index (χ0n) is 10.6. The number of hydrogen-bond donors (Lipinski definition) is 1. The average Bonchev–Trinajstić information content (AvgIpc) is 2.80. The SMILES string of the molecule is OCc1nc2ccccc2n1Cc1ccc(F)cc1Cl. The summed E-state index contributed by atoms with van der Waals surface area (Å²) in [5.41, 5.74) is 2.51. The van der Waals surface area contributed by atoms with Gasteiger partial charge >= 0.3 is 0 Å². The summed E-state index contributed by atoms with van der Waals surface area (Å²) in [7, 11) is 0. The van der Waals surface area contributed by atoms with Crippen LogP contribution in [0.1, 0.15) is 11.4 Å². The highest BCUT2D eigenvalue weighted by molar-refractivity contribution is 6.31. The van der Waals surface area contributed by atoms with Crippen molar-refractivity contribution in [3.05, 3.63) is 64.7 Å². The summed E-state index contributed by atoms with van der Waals surface area (Å²) in [4.78, 5) is 4.37. The average molecular weight is 291 g/mol. The molecule has 1 aromatic heterocycles. The molecule has 0 saturated carbocycles. The third-order valence-electron chi connectivity index (χ3n) is 3.22. The van der Waals surface area contributed by atoms with Crippen LogP contribution in [0.15, 0.2) is 42.5 Å². The molecule has 3 rings (SSSR count). The van der Waals surface area contributed by atoms with Crippen LogP contribution in [-0.4, -0.2) is 14.7 Å². The van der Waals surface area contributed by atoms with Gasteiger partial charge in [-0.05, 0) is 29.8 Å². The first-order valence-corrected chi connectivity index (χ1v) is 6.56. The van der Waals surface area contributed by atoms with Gasteiger partial charge in [0.2, 0.25) is 0 Å². The van der Waals surface area contributed by atoms with Crippen molar-refractivity contribution >= 4 is 22.6 Å². The zero-order valence-corrected chi connectivity index (χ0v) is 11.3. The van der Waals surface area contributed by atoms with E-state index in [4.69, 9.17) is 11.6 Å². The standard InChI is InChI=1S/C15H12ClFN2O/c16-12-7-11(17)6-5-10(12)8-19-14-4-2-1-3-13(14)18-15(19)9-20/h1-7,20H,8-9H2. The minimum Gasteiger partial charge on any atom is -0.388 e. The molecule has 1 N–H and O–H groups in total. The Bertz CT molecular complexity index is 770. The third kappa shape index (κ3) is 2.28. The molecule has 0 saturated heterocycles. The minimum absolute atomic E-state index is 0.159. The number of imidazole rings is 1. The fourth-order valence-electron chi connectivity index (χ4n) is 2.24. The van der Waals surface area contributed by atoms with E-state index in [-0.39, 0.29) is 12.4 Å². The van der Waals surface area contributed by atoms with Crippen LogP contribution in [0.5, 0.6) is 0 Å². The summed E-state index contributed by atoms with van der Waals surface area (Å²) in [5.74, 6) is 0.197. The van der Waals surface area contributed by atoms with Gasteiger partial charge in [-0.2, -0.15) is 0 Å². The lowest BCUT2D eigenvalue weighted by Gasteiger charge is -2.09. The maximum Gasteiger partial charge on any atom is 0.136 e. The molecule has 102 valence electrons. The number of aliphatic hydroxyl groups excluding tert-OH is 1. The van der Waals surface area contributed by atoms with Gasteiger partial charge in [0.1, 0.15) is 18.2 Å². The predicted molar refractivity (Wildman–Crippen MR) is 76.2 cm³/mol. The first kappa shape index (κ1) is 13.1. The van der Waals surface area contributed by atoms with Gasteiger partial charge in [-0.25, -0.2) is 9.37 Å². The Morgan fingerprint density at radius 2 is 2.00 bits per heavy atom. The van der Waals surface area contributed by atoms with Crippen LogP contribution in [0.25, 0.3) is 11.0 Å². The molecule has 0 fully saturated rings. The number of hydrogen-bond acceptors (Lipinski definition) is 2. The smallest absolute Gasteiger partial charge is 0.136 e. The Labute approximate surface area is 120 Å². The van der Waals surface area contributed by atoms with Gasteiger partial charge < -0.3 is 9.67 Å². The molecule has 2 aromatic carbocycles. The van der Waals surface area contributed by atoms with Crippen molar-refractivity contribution < 1.29 is 9.50 Å². The van der Waals surface area contributed by atoms with Crippen LogP contribution < -0.4 is 0 Å². The number of benzene rings is 2. The highest BCUT2D eigenvalue weighted by atomic mass is 35.5. The number of aliphatic hydroxyl groups is 1. The van der Waals surface area contributed by atoms with Crippen LogP contribution in [0.3, 0.4) is 0 Å². The molecular formula is C15H12ClFN2O. The predicted octanol–water partition coefficient (Wildman–Crippen LogP) is 3.37. The summed E-state index contributed by atoms with van der Waals surface area (Å²) in [6, 6.07) is 11.9. The van der Waals surface area contributed by atoms with Gasteiger partial charge in [-0.15, -0.1) is 0 Å². The Morgan fingerprint density at radius 1 is 1.20 bits per heavy atom. The lowest BCUT2D eigenvalue weighted by atomic mass is 10.2. The lowest BCUT2D eigenvalue weighted by molar-refractivity contribution is 0.267. The van der Waals surface area contributed by atoms with Crippen LogP contribution in [0, 0.1) is 5.82 Å². The van der Waals surface area contributed by atoms with Crippen LogP contribution >= 0.6 is 11.6 Å². The second-order valence-corrected chi connectivity index (χ2v) is 4.90. The van der Waals surface area contributed by atoms with E-state index in [1.807, 2.05) is 28.8 Å². The van der Waals surface area contributed by atoms with Crippen molar-refractivity contribution in [1.29, 1.82) is 0 Å². The number of para-hydroxylation sites is 2. The molecule has 0 aliphatic carbocycles. The normalized spacial score (nSPS) is 11.2. The maximum absolute atomic E-state index is 13.1. The van der Waals surface area contributed by atoms with Crippen molar-refractivity contribution in [1.82, 2.24) is 9.55 Å². The van der Waals surface area contributed by atoms with E-state index in [0.717, 1.165) is 16.6 Å². The van der Waals surface area contributed by atoms with E-state index in [9.17, 15) is 9.50 Å². The Kier molecular flexibility index (Phi) is 3.42. The van der Waals surface area contributed by atoms with Gasteiger partial charge in [-0.3, -0.25) is 0 Å². The first-order valence-electron chi connectivity index (χ1n) is 6.18. The van der Waals surface area contributed by atoms with Gasteiger partial charge in [0.15, 0.2) is 0 Å². The van der Waals surface area contributed by atoms with E-state index in [1.165, 1.54) is 12.1 Å². The van der Waals surface area contributed by atoms with E-state index < -0.39 is 0 Å². The van der Waals surface area contributed by atoms with E-state index >= 15 is 0 Å². The number of rotatable bonds is 3. The molecule has 0 amide bonds. The fourth-order valence-corrected chi connectivity index (χ4v) is 2.47. The molecule has 0 bridgehead atoms. The van der Waals surface area contributed by atoms with Crippen LogP contribution in [0.4, 0.5) is 4.39 Å². The molecule has 0 radical (unpaired) electrons. The summed E-state index contributed by atoms with van der Waals surface area (Å²) in [6.45, 7) is 0.281. The third-order valence-corrected chi connectivity index (χ3v) is 3.57. The van der Waals surface area contributed by atoms with Gasteiger partial charge in [0.05, 0.1) is 17.6 Å². The molecule has 0 unspecified atom stereocenters. The molecule has 0 spiro atoms. The molecule has 0 aliphatic rings. The van der Waals surface area contributed by atoms with Crippen molar-refractivity contribution in [2.45, 2.75) is 13.2 Å². The first-order chi connectivity index (χ1) is 9.69. The quantitative estimate of drug-likeness (QED) is 0.803. The van der Waals surface area contributed by atoms with E-state index in [2.05, 4.69) is 4.98 Å². The molecule has 3 aromatic rings. The highest BCUT2D eigenvalue weighted by Gasteiger charge is 2.11. The molecule has 0 atom stereocenters. The summed E-state index contributed by atoms with van der Waals surface area (Å²) in [5, 5.41) is 9.80. The topological polar surface area (TPSA) is 38.1 Å². The highest BCUT2D eigenvalue weighted by Crippen LogP contribution is 2.22. The Balaban J connectivity index is 2.09. The number of nitrogens with zero attached hydrogens (tertiary/aromatic N) is 2. The fraction of sp³-hybridized carbons (Fsp3) is 0.133. The van der Waals surface area contributed by atoms with E-state index in [0.29, 0.717) is 17.4 Å². The number of halogens is 2. The zero-order chi connectivity index (χ0) is 14.1. The second kappa shape index (κ2) is 5.23. The molecule has 5 heteroatoms. The van der Waals surface area contributed by atoms with Crippen molar-refractivity contribution in [2.24, 2.45) is 0 Å². The lowest BCUT2D eigenvalue weighted by Crippen LogP contribution is -2.05.